The molecule has 1 aliphatic heterocycles. The summed E-state index contributed by atoms with van der Waals surface area (Å²) in [6.45, 7) is 3.13. The Kier molecular flexibility index (Phi) is 5.61. The van der Waals surface area contributed by atoms with Crippen molar-refractivity contribution in [3.05, 3.63) is 29.8 Å². The van der Waals surface area contributed by atoms with Crippen LogP contribution in [0.3, 0.4) is 0 Å². The SMILES string of the molecule is CC(=O)N[C@H](CS[C@@H]1CC(=O)N(c2ccc(C)cc2)C1=O)C(=O)O. The molecule has 0 radical (unpaired) electrons. The highest BCUT2D eigenvalue weighted by Crippen LogP contribution is 2.30. The number of carboxylic acids is 1. The predicted octanol–water partition coefficient (Wildman–Crippen LogP) is 0.949. The molecule has 0 aromatic heterocycles. The molecule has 0 saturated carbocycles. The number of hydrogen-bond acceptors (Lipinski definition) is 5. The Hall–Kier alpha value is -2.35. The van der Waals surface area contributed by atoms with Crippen molar-refractivity contribution >= 4 is 41.1 Å². The number of imide groups is 1. The molecule has 8 heteroatoms. The summed E-state index contributed by atoms with van der Waals surface area (Å²) in [7, 11) is 0. The molecule has 1 heterocycles. The molecule has 3 amide bonds. The van der Waals surface area contributed by atoms with Gasteiger partial charge >= 0.3 is 5.97 Å². The third-order valence-electron chi connectivity index (χ3n) is 3.54. The van der Waals surface area contributed by atoms with E-state index in [9.17, 15) is 19.2 Å². The van der Waals surface area contributed by atoms with Crippen molar-refractivity contribution in [3.8, 4) is 0 Å². The topological polar surface area (TPSA) is 104 Å². The van der Waals surface area contributed by atoms with E-state index in [-0.39, 0.29) is 24.0 Å². The smallest absolute Gasteiger partial charge is 0.327 e. The number of hydrogen-bond donors (Lipinski definition) is 2. The maximum absolute atomic E-state index is 12.5. The number of carboxylic acid groups (broad SMARTS) is 1. The van der Waals surface area contributed by atoms with Gasteiger partial charge < -0.3 is 10.4 Å². The van der Waals surface area contributed by atoms with Gasteiger partial charge in [-0.15, -0.1) is 11.8 Å². The van der Waals surface area contributed by atoms with Crippen LogP contribution in [0.25, 0.3) is 0 Å². The minimum Gasteiger partial charge on any atom is -0.480 e. The van der Waals surface area contributed by atoms with Gasteiger partial charge in [-0.1, -0.05) is 17.7 Å². The Bertz CT molecular complexity index is 674. The summed E-state index contributed by atoms with van der Waals surface area (Å²) in [6.07, 6.45) is 0.0176. The van der Waals surface area contributed by atoms with Crippen molar-refractivity contribution in [1.82, 2.24) is 5.32 Å². The number of carbonyl (C=O) groups excluding carboxylic acids is 3. The Labute approximate surface area is 143 Å². The molecule has 7 nitrogen and oxygen atoms in total. The van der Waals surface area contributed by atoms with Crippen LogP contribution < -0.4 is 10.2 Å². The zero-order valence-electron chi connectivity index (χ0n) is 13.3. The number of amides is 3. The van der Waals surface area contributed by atoms with Crippen molar-refractivity contribution in [1.29, 1.82) is 0 Å². The summed E-state index contributed by atoms with van der Waals surface area (Å²) in [6, 6.07) is 5.94. The first kappa shape index (κ1) is 18.0. The van der Waals surface area contributed by atoms with E-state index in [4.69, 9.17) is 5.11 Å². The molecule has 0 aliphatic carbocycles. The van der Waals surface area contributed by atoms with Crippen LogP contribution in [0.1, 0.15) is 18.9 Å². The number of aliphatic carboxylic acids is 1. The number of nitrogens with zero attached hydrogens (tertiary/aromatic N) is 1. The molecule has 1 aliphatic rings. The normalized spacial score (nSPS) is 18.6. The van der Waals surface area contributed by atoms with Gasteiger partial charge in [0.25, 0.3) is 0 Å². The minimum absolute atomic E-state index is 0.0142. The quantitative estimate of drug-likeness (QED) is 0.740. The van der Waals surface area contributed by atoms with Crippen LogP contribution in [0.15, 0.2) is 24.3 Å². The second-order valence-electron chi connectivity index (χ2n) is 5.52. The maximum atomic E-state index is 12.5. The van der Waals surface area contributed by atoms with Gasteiger partial charge in [0.05, 0.1) is 10.9 Å². The van der Waals surface area contributed by atoms with E-state index in [1.807, 2.05) is 19.1 Å². The average molecular weight is 350 g/mol. The van der Waals surface area contributed by atoms with Crippen molar-refractivity contribution in [2.75, 3.05) is 10.7 Å². The molecule has 0 spiro atoms. The molecule has 1 aromatic carbocycles. The number of nitrogens with one attached hydrogen (secondary N) is 1. The highest BCUT2D eigenvalue weighted by molar-refractivity contribution is 8.00. The van der Waals surface area contributed by atoms with Crippen molar-refractivity contribution in [3.63, 3.8) is 0 Å². The minimum atomic E-state index is -1.18. The Morgan fingerprint density at radius 3 is 2.50 bits per heavy atom. The van der Waals surface area contributed by atoms with E-state index in [2.05, 4.69) is 5.32 Å². The molecular formula is C16H18N2O5S. The zero-order valence-corrected chi connectivity index (χ0v) is 14.1. The Morgan fingerprint density at radius 1 is 1.33 bits per heavy atom. The summed E-state index contributed by atoms with van der Waals surface area (Å²) >= 11 is 1.07. The van der Waals surface area contributed by atoms with E-state index in [1.165, 1.54) is 6.92 Å². The van der Waals surface area contributed by atoms with Gasteiger partial charge in [0.2, 0.25) is 17.7 Å². The van der Waals surface area contributed by atoms with E-state index in [1.54, 1.807) is 12.1 Å². The monoisotopic (exact) mass is 350 g/mol. The lowest BCUT2D eigenvalue weighted by Crippen LogP contribution is -2.42. The fourth-order valence-electron chi connectivity index (χ4n) is 2.33. The van der Waals surface area contributed by atoms with E-state index < -0.39 is 23.2 Å². The lowest BCUT2D eigenvalue weighted by molar-refractivity contribution is -0.140. The molecule has 1 saturated heterocycles. The van der Waals surface area contributed by atoms with Gasteiger partial charge in [-0.05, 0) is 19.1 Å². The van der Waals surface area contributed by atoms with E-state index in [0.29, 0.717) is 5.69 Å². The zero-order chi connectivity index (χ0) is 17.9. The summed E-state index contributed by atoms with van der Waals surface area (Å²) in [5, 5.41) is 10.7. The average Bonchev–Trinajstić information content (AvgIpc) is 2.78. The van der Waals surface area contributed by atoms with Crippen LogP contribution in [-0.4, -0.2) is 45.8 Å². The molecule has 1 fully saturated rings. The fourth-order valence-corrected chi connectivity index (χ4v) is 3.49. The van der Waals surface area contributed by atoms with Crippen LogP contribution in [0.2, 0.25) is 0 Å². The third kappa shape index (κ3) is 4.14. The molecule has 24 heavy (non-hydrogen) atoms. The molecule has 0 unspecified atom stereocenters. The Balaban J connectivity index is 2.04. The Morgan fingerprint density at radius 2 is 1.96 bits per heavy atom. The largest absolute Gasteiger partial charge is 0.480 e. The molecule has 2 atom stereocenters. The first-order valence-corrected chi connectivity index (χ1v) is 8.39. The number of anilines is 1. The van der Waals surface area contributed by atoms with Crippen LogP contribution in [0.4, 0.5) is 5.69 Å². The van der Waals surface area contributed by atoms with Crippen molar-refractivity contribution in [2.45, 2.75) is 31.6 Å². The molecule has 128 valence electrons. The van der Waals surface area contributed by atoms with Gasteiger partial charge in [-0.2, -0.15) is 0 Å². The second-order valence-corrected chi connectivity index (χ2v) is 6.76. The first-order valence-electron chi connectivity index (χ1n) is 7.34. The molecule has 0 bridgehead atoms. The first-order chi connectivity index (χ1) is 11.3. The van der Waals surface area contributed by atoms with Gasteiger partial charge in [-0.3, -0.25) is 14.4 Å². The molecule has 1 aromatic rings. The van der Waals surface area contributed by atoms with Gasteiger partial charge in [0, 0.05) is 19.1 Å². The number of benzene rings is 1. The number of carbonyl (C=O) groups is 4. The second kappa shape index (κ2) is 7.48. The lowest BCUT2D eigenvalue weighted by atomic mass is 10.2. The summed E-state index contributed by atoms with van der Waals surface area (Å²) in [4.78, 5) is 47.9. The summed E-state index contributed by atoms with van der Waals surface area (Å²) in [5.74, 6) is -2.29. The highest BCUT2D eigenvalue weighted by Gasteiger charge is 2.40. The van der Waals surface area contributed by atoms with Crippen LogP contribution in [-0.2, 0) is 19.2 Å². The van der Waals surface area contributed by atoms with Crippen LogP contribution in [0.5, 0.6) is 0 Å². The number of thioether (sulfide) groups is 1. The maximum Gasteiger partial charge on any atom is 0.327 e. The van der Waals surface area contributed by atoms with Crippen LogP contribution >= 0.6 is 11.8 Å². The van der Waals surface area contributed by atoms with Gasteiger partial charge in [0.1, 0.15) is 6.04 Å². The van der Waals surface area contributed by atoms with Crippen molar-refractivity contribution in [2.24, 2.45) is 0 Å². The predicted molar refractivity (Wildman–Crippen MR) is 89.8 cm³/mol. The number of rotatable bonds is 6. The fraction of sp³-hybridized carbons (Fsp3) is 0.375. The van der Waals surface area contributed by atoms with Gasteiger partial charge in [-0.25, -0.2) is 9.69 Å². The number of aryl methyl sites for hydroxylation is 1. The highest BCUT2D eigenvalue weighted by atomic mass is 32.2. The standard InChI is InChI=1S/C16H18N2O5S/c1-9-3-5-11(6-4-9)18-14(20)7-13(15(18)21)24-8-12(16(22)23)17-10(2)19/h3-6,12-13H,7-8H2,1-2H3,(H,17,19)(H,22,23)/t12-,13-/m1/s1. The van der Waals surface area contributed by atoms with Crippen LogP contribution in [0, 0.1) is 6.92 Å². The molecule has 2 rings (SSSR count). The third-order valence-corrected chi connectivity index (χ3v) is 4.83. The van der Waals surface area contributed by atoms with Crippen molar-refractivity contribution < 1.29 is 24.3 Å². The summed E-state index contributed by atoms with van der Waals surface area (Å²) < 4.78 is 0. The molecule has 2 N–H and O–H groups in total. The van der Waals surface area contributed by atoms with E-state index >= 15 is 0 Å². The summed E-state index contributed by atoms with van der Waals surface area (Å²) in [5.41, 5.74) is 1.53. The molecular weight excluding hydrogens is 332 g/mol. The lowest BCUT2D eigenvalue weighted by Gasteiger charge is -2.16. The van der Waals surface area contributed by atoms with Gasteiger partial charge in [0.15, 0.2) is 0 Å². The van der Waals surface area contributed by atoms with E-state index in [0.717, 1.165) is 22.2 Å².